The predicted molar refractivity (Wildman–Crippen MR) is 119 cm³/mol. The Kier molecular flexibility index (Phi) is 6.77. The number of carbonyl (C=O) groups excluding carboxylic acids is 3. The maximum Gasteiger partial charge on any atom is 0.261 e. The number of carbonyl (C=O) groups is 3. The van der Waals surface area contributed by atoms with Gasteiger partial charge in [-0.2, -0.15) is 0 Å². The van der Waals surface area contributed by atoms with Crippen LogP contribution in [0.3, 0.4) is 0 Å². The predicted octanol–water partition coefficient (Wildman–Crippen LogP) is 3.19. The second-order valence-corrected chi connectivity index (χ2v) is 8.26. The lowest BCUT2D eigenvalue weighted by Crippen LogP contribution is -2.48. The van der Waals surface area contributed by atoms with Gasteiger partial charge < -0.3 is 4.90 Å². The highest BCUT2D eigenvalue weighted by Gasteiger charge is 2.34. The first-order valence-corrected chi connectivity index (χ1v) is 11.1. The van der Waals surface area contributed by atoms with E-state index in [-0.39, 0.29) is 17.7 Å². The molecule has 2 heterocycles. The van der Waals surface area contributed by atoms with Gasteiger partial charge in [0, 0.05) is 45.7 Å². The SMILES string of the molecule is O=C(CCCCCN1C(=O)c2ccccc2C1=O)N1CCN(Cc2ccccc2)CC1. The van der Waals surface area contributed by atoms with Crippen LogP contribution >= 0.6 is 0 Å². The zero-order chi connectivity index (χ0) is 21.6. The Balaban J connectivity index is 1.13. The van der Waals surface area contributed by atoms with E-state index in [1.807, 2.05) is 11.0 Å². The molecule has 2 aliphatic rings. The van der Waals surface area contributed by atoms with Gasteiger partial charge in [0.05, 0.1) is 11.1 Å². The van der Waals surface area contributed by atoms with Gasteiger partial charge in [0.25, 0.3) is 11.8 Å². The Labute approximate surface area is 183 Å². The molecule has 31 heavy (non-hydrogen) atoms. The lowest BCUT2D eigenvalue weighted by Gasteiger charge is -2.34. The van der Waals surface area contributed by atoms with Crippen molar-refractivity contribution in [2.45, 2.75) is 32.2 Å². The molecule has 0 N–H and O–H groups in total. The normalized spacial score (nSPS) is 16.6. The Bertz CT molecular complexity index is 901. The van der Waals surface area contributed by atoms with Crippen molar-refractivity contribution in [3.63, 3.8) is 0 Å². The van der Waals surface area contributed by atoms with E-state index in [0.29, 0.717) is 24.1 Å². The van der Waals surface area contributed by atoms with Gasteiger partial charge in [-0.25, -0.2) is 0 Å². The van der Waals surface area contributed by atoms with Crippen LogP contribution in [0.2, 0.25) is 0 Å². The van der Waals surface area contributed by atoms with Gasteiger partial charge in [-0.3, -0.25) is 24.2 Å². The van der Waals surface area contributed by atoms with Crippen LogP contribution in [-0.2, 0) is 11.3 Å². The van der Waals surface area contributed by atoms with Crippen molar-refractivity contribution in [1.82, 2.24) is 14.7 Å². The van der Waals surface area contributed by atoms with Crippen LogP contribution in [0.1, 0.15) is 52.0 Å². The highest BCUT2D eigenvalue weighted by atomic mass is 16.2. The number of amides is 3. The molecule has 0 aromatic heterocycles. The molecule has 2 aliphatic heterocycles. The van der Waals surface area contributed by atoms with Gasteiger partial charge in [-0.1, -0.05) is 48.9 Å². The molecular formula is C25H29N3O3. The Hall–Kier alpha value is -2.99. The van der Waals surface area contributed by atoms with Crippen molar-refractivity contribution < 1.29 is 14.4 Å². The maximum absolute atomic E-state index is 12.5. The lowest BCUT2D eigenvalue weighted by atomic mass is 10.1. The summed E-state index contributed by atoms with van der Waals surface area (Å²) >= 11 is 0. The van der Waals surface area contributed by atoms with Gasteiger partial charge in [0.1, 0.15) is 0 Å². The molecule has 2 aromatic carbocycles. The topological polar surface area (TPSA) is 60.9 Å². The summed E-state index contributed by atoms with van der Waals surface area (Å²) in [4.78, 5) is 42.9. The smallest absolute Gasteiger partial charge is 0.261 e. The molecule has 6 nitrogen and oxygen atoms in total. The Morgan fingerprint density at radius 2 is 1.35 bits per heavy atom. The van der Waals surface area contributed by atoms with Crippen molar-refractivity contribution in [1.29, 1.82) is 0 Å². The summed E-state index contributed by atoms with van der Waals surface area (Å²) in [5, 5.41) is 0. The van der Waals surface area contributed by atoms with Crippen molar-refractivity contribution in [2.75, 3.05) is 32.7 Å². The zero-order valence-electron chi connectivity index (χ0n) is 17.8. The van der Waals surface area contributed by atoms with Crippen LogP contribution in [-0.4, -0.2) is 65.1 Å². The van der Waals surface area contributed by atoms with Crippen LogP contribution in [0.15, 0.2) is 54.6 Å². The molecule has 6 heteroatoms. The van der Waals surface area contributed by atoms with Crippen molar-refractivity contribution in [3.8, 4) is 0 Å². The van der Waals surface area contributed by atoms with Crippen molar-refractivity contribution in [3.05, 3.63) is 71.3 Å². The molecule has 0 radical (unpaired) electrons. The number of benzene rings is 2. The summed E-state index contributed by atoms with van der Waals surface area (Å²) in [6.07, 6.45) is 2.86. The minimum atomic E-state index is -0.204. The maximum atomic E-state index is 12.5. The standard InChI is InChI=1S/C25H29N3O3/c29-23(27-17-15-26(16-18-27)19-20-9-3-1-4-10-20)13-5-2-8-14-28-24(30)21-11-6-7-12-22(21)25(28)31/h1,3-4,6-7,9-12H,2,5,8,13-19H2. The average molecular weight is 420 g/mol. The van der Waals surface area contributed by atoms with E-state index in [0.717, 1.165) is 52.0 Å². The first kappa shape index (κ1) is 21.2. The molecule has 0 saturated carbocycles. The molecule has 4 rings (SSSR count). The van der Waals surface area contributed by atoms with Gasteiger partial charge in [0.2, 0.25) is 5.91 Å². The van der Waals surface area contributed by atoms with E-state index < -0.39 is 0 Å². The molecule has 0 atom stereocenters. The highest BCUT2D eigenvalue weighted by molar-refractivity contribution is 6.21. The van der Waals surface area contributed by atoms with Crippen LogP contribution in [0.4, 0.5) is 0 Å². The largest absolute Gasteiger partial charge is 0.340 e. The van der Waals surface area contributed by atoms with E-state index >= 15 is 0 Å². The van der Waals surface area contributed by atoms with E-state index in [1.165, 1.54) is 10.5 Å². The number of unbranched alkanes of at least 4 members (excludes halogenated alkanes) is 2. The quantitative estimate of drug-likeness (QED) is 0.487. The van der Waals surface area contributed by atoms with Crippen molar-refractivity contribution >= 4 is 17.7 Å². The van der Waals surface area contributed by atoms with Gasteiger partial charge in [-0.15, -0.1) is 0 Å². The molecule has 1 fully saturated rings. The molecule has 162 valence electrons. The lowest BCUT2D eigenvalue weighted by molar-refractivity contribution is -0.133. The summed E-state index contributed by atoms with van der Waals surface area (Å²) in [5.41, 5.74) is 2.29. The number of fused-ring (bicyclic) bond motifs is 1. The molecule has 0 spiro atoms. The molecule has 2 aromatic rings. The molecule has 3 amide bonds. The summed E-state index contributed by atoms with van der Waals surface area (Å²) in [7, 11) is 0. The summed E-state index contributed by atoms with van der Waals surface area (Å²) in [6, 6.07) is 17.4. The fraction of sp³-hybridized carbons (Fsp3) is 0.400. The van der Waals surface area contributed by atoms with Gasteiger partial charge in [-0.05, 0) is 30.5 Å². The van der Waals surface area contributed by atoms with E-state index in [9.17, 15) is 14.4 Å². The second kappa shape index (κ2) is 9.88. The van der Waals surface area contributed by atoms with Crippen LogP contribution in [0, 0.1) is 0 Å². The Morgan fingerprint density at radius 3 is 2.00 bits per heavy atom. The fourth-order valence-corrected chi connectivity index (χ4v) is 4.32. The zero-order valence-corrected chi connectivity index (χ0v) is 17.8. The van der Waals surface area contributed by atoms with Crippen LogP contribution in [0.25, 0.3) is 0 Å². The first-order valence-electron chi connectivity index (χ1n) is 11.1. The number of imide groups is 1. The first-order chi connectivity index (χ1) is 15.1. The van der Waals surface area contributed by atoms with Crippen LogP contribution in [0.5, 0.6) is 0 Å². The number of piperazine rings is 1. The Morgan fingerprint density at radius 1 is 0.742 bits per heavy atom. The third-order valence-corrected chi connectivity index (χ3v) is 6.12. The molecule has 0 unspecified atom stereocenters. The third kappa shape index (κ3) is 5.02. The minimum Gasteiger partial charge on any atom is -0.340 e. The molecule has 0 aliphatic carbocycles. The van der Waals surface area contributed by atoms with Crippen molar-refractivity contribution in [2.24, 2.45) is 0 Å². The van der Waals surface area contributed by atoms with Crippen LogP contribution < -0.4 is 0 Å². The number of hydrogen-bond acceptors (Lipinski definition) is 4. The number of rotatable bonds is 8. The van der Waals surface area contributed by atoms with E-state index in [1.54, 1.807) is 24.3 Å². The summed E-state index contributed by atoms with van der Waals surface area (Å²) in [6.45, 7) is 4.71. The molecule has 0 bridgehead atoms. The van der Waals surface area contributed by atoms with Gasteiger partial charge in [0.15, 0.2) is 0 Å². The molecular weight excluding hydrogens is 390 g/mol. The summed E-state index contributed by atoms with van der Waals surface area (Å²) in [5.74, 6) is -0.199. The van der Waals surface area contributed by atoms with Gasteiger partial charge >= 0.3 is 0 Å². The second-order valence-electron chi connectivity index (χ2n) is 8.26. The third-order valence-electron chi connectivity index (χ3n) is 6.12. The van der Waals surface area contributed by atoms with E-state index in [4.69, 9.17) is 0 Å². The minimum absolute atomic E-state index is 0.204. The highest BCUT2D eigenvalue weighted by Crippen LogP contribution is 2.23. The average Bonchev–Trinajstić information content (AvgIpc) is 3.05. The van der Waals surface area contributed by atoms with E-state index in [2.05, 4.69) is 29.2 Å². The fourth-order valence-electron chi connectivity index (χ4n) is 4.32. The number of hydrogen-bond donors (Lipinski definition) is 0. The monoisotopic (exact) mass is 419 g/mol. The molecule has 1 saturated heterocycles. The summed E-state index contributed by atoms with van der Waals surface area (Å²) < 4.78 is 0. The number of nitrogens with zero attached hydrogens (tertiary/aromatic N) is 3.